The number of carbonyl (C=O) groups is 1. The molecule has 3 aromatic rings. The van der Waals surface area contributed by atoms with Gasteiger partial charge in [-0.05, 0) is 37.3 Å². The summed E-state index contributed by atoms with van der Waals surface area (Å²) in [6.45, 7) is 1.54. The molecule has 0 unspecified atom stereocenters. The molecule has 0 saturated heterocycles. The number of benzene rings is 2. The number of ketones is 1. The summed E-state index contributed by atoms with van der Waals surface area (Å²) in [5.74, 6) is -0.351. The summed E-state index contributed by atoms with van der Waals surface area (Å²) in [4.78, 5) is 35.5. The Morgan fingerprint density at radius 3 is 2.56 bits per heavy atom. The highest BCUT2D eigenvalue weighted by molar-refractivity contribution is 6.08. The fourth-order valence-electron chi connectivity index (χ4n) is 2.58. The molecular weight excluding hydrogens is 322 g/mol. The number of para-hydroxylation sites is 2. The highest BCUT2D eigenvalue weighted by atomic mass is 16.6. The van der Waals surface area contributed by atoms with Gasteiger partial charge in [0, 0.05) is 6.07 Å². The largest absolute Gasteiger partial charge is 0.460 e. The van der Waals surface area contributed by atoms with Crippen LogP contribution < -0.4 is 5.43 Å². The minimum Gasteiger partial charge on any atom is -0.460 e. The van der Waals surface area contributed by atoms with Crippen molar-refractivity contribution in [3.63, 3.8) is 0 Å². The molecule has 0 aliphatic rings. The second-order valence-electron chi connectivity index (χ2n) is 5.37. The number of aryl methyl sites for hydroxylation is 1. The molecular formula is C19H13NO5. The Hall–Kier alpha value is -3.54. The number of nitro benzene ring substituents is 1. The molecule has 0 bridgehead atoms. The second-order valence-corrected chi connectivity index (χ2v) is 5.37. The van der Waals surface area contributed by atoms with Crippen LogP contribution in [0.2, 0.25) is 0 Å². The Kier molecular flexibility index (Phi) is 4.26. The quantitative estimate of drug-likeness (QED) is 0.312. The average Bonchev–Trinajstić information content (AvgIpc) is 2.60. The van der Waals surface area contributed by atoms with Crippen molar-refractivity contribution in [1.82, 2.24) is 0 Å². The molecule has 2 aromatic carbocycles. The van der Waals surface area contributed by atoms with Gasteiger partial charge < -0.3 is 4.42 Å². The number of rotatable bonds is 4. The smallest absolute Gasteiger partial charge is 0.276 e. The Bertz CT molecular complexity index is 1080. The van der Waals surface area contributed by atoms with Crippen LogP contribution in [0.25, 0.3) is 17.0 Å². The van der Waals surface area contributed by atoms with Gasteiger partial charge in [-0.2, -0.15) is 0 Å². The van der Waals surface area contributed by atoms with Crippen LogP contribution in [0.4, 0.5) is 5.69 Å². The molecule has 124 valence electrons. The maximum Gasteiger partial charge on any atom is 0.276 e. The van der Waals surface area contributed by atoms with Crippen molar-refractivity contribution in [2.24, 2.45) is 0 Å². The van der Waals surface area contributed by atoms with E-state index in [4.69, 9.17) is 4.42 Å². The van der Waals surface area contributed by atoms with E-state index >= 15 is 0 Å². The monoisotopic (exact) mass is 335 g/mol. The maximum atomic E-state index is 12.6. The summed E-state index contributed by atoms with van der Waals surface area (Å²) in [7, 11) is 0. The van der Waals surface area contributed by atoms with Crippen LogP contribution in [-0.2, 0) is 0 Å². The predicted molar refractivity (Wildman–Crippen MR) is 93.7 cm³/mol. The van der Waals surface area contributed by atoms with E-state index < -0.39 is 16.1 Å². The minimum absolute atomic E-state index is 0.0754. The lowest BCUT2D eigenvalue weighted by molar-refractivity contribution is -0.385. The molecule has 6 nitrogen and oxygen atoms in total. The third-order valence-electron chi connectivity index (χ3n) is 3.77. The van der Waals surface area contributed by atoms with Crippen LogP contribution in [0.1, 0.15) is 21.7 Å². The first kappa shape index (κ1) is 16.3. The Morgan fingerprint density at radius 1 is 1.12 bits per heavy atom. The van der Waals surface area contributed by atoms with Crippen molar-refractivity contribution in [2.75, 3.05) is 0 Å². The SMILES string of the molecule is Cc1oc2ccccc2c(=O)c1C(=O)/C=C/c1ccccc1[N+](=O)[O-]. The second kappa shape index (κ2) is 6.52. The molecule has 0 spiro atoms. The summed E-state index contributed by atoms with van der Waals surface area (Å²) in [6, 6.07) is 12.7. The van der Waals surface area contributed by atoms with Crippen molar-refractivity contribution in [3.8, 4) is 0 Å². The van der Waals surface area contributed by atoms with Gasteiger partial charge in [-0.25, -0.2) is 0 Å². The van der Waals surface area contributed by atoms with Gasteiger partial charge in [0.25, 0.3) is 5.69 Å². The van der Waals surface area contributed by atoms with E-state index in [1.807, 2.05) is 0 Å². The molecule has 0 radical (unpaired) electrons. The molecule has 0 atom stereocenters. The molecule has 0 saturated carbocycles. The highest BCUT2D eigenvalue weighted by Crippen LogP contribution is 2.20. The number of nitrogens with zero attached hydrogens (tertiary/aromatic N) is 1. The van der Waals surface area contributed by atoms with Gasteiger partial charge in [-0.1, -0.05) is 24.3 Å². The minimum atomic E-state index is -0.560. The Labute approximate surface area is 142 Å². The first-order valence-corrected chi connectivity index (χ1v) is 7.47. The number of fused-ring (bicyclic) bond motifs is 1. The van der Waals surface area contributed by atoms with E-state index in [0.29, 0.717) is 11.0 Å². The lowest BCUT2D eigenvalue weighted by Crippen LogP contribution is -2.15. The third-order valence-corrected chi connectivity index (χ3v) is 3.77. The normalized spacial score (nSPS) is 11.1. The van der Waals surface area contributed by atoms with Crippen LogP contribution in [0.5, 0.6) is 0 Å². The lowest BCUT2D eigenvalue weighted by Gasteiger charge is -2.03. The Morgan fingerprint density at radius 2 is 1.80 bits per heavy atom. The van der Waals surface area contributed by atoms with E-state index in [2.05, 4.69) is 0 Å². The summed E-state index contributed by atoms with van der Waals surface area (Å²) in [6.07, 6.45) is 2.48. The molecule has 0 amide bonds. The summed E-state index contributed by atoms with van der Waals surface area (Å²) < 4.78 is 5.55. The molecule has 1 heterocycles. The number of nitro groups is 1. The molecule has 25 heavy (non-hydrogen) atoms. The topological polar surface area (TPSA) is 90.4 Å². The lowest BCUT2D eigenvalue weighted by atomic mass is 10.1. The summed E-state index contributed by atoms with van der Waals surface area (Å²) in [5.41, 5.74) is 0.0758. The number of hydrogen-bond donors (Lipinski definition) is 0. The van der Waals surface area contributed by atoms with Crippen LogP contribution in [0.3, 0.4) is 0 Å². The van der Waals surface area contributed by atoms with Crippen molar-refractivity contribution in [3.05, 3.63) is 91.8 Å². The molecule has 0 fully saturated rings. The van der Waals surface area contributed by atoms with Gasteiger partial charge in [0.2, 0.25) is 5.43 Å². The van der Waals surface area contributed by atoms with Gasteiger partial charge >= 0.3 is 0 Å². The summed E-state index contributed by atoms with van der Waals surface area (Å²) in [5, 5.41) is 11.3. The zero-order valence-corrected chi connectivity index (χ0v) is 13.3. The first-order chi connectivity index (χ1) is 12.0. The van der Waals surface area contributed by atoms with E-state index in [9.17, 15) is 19.7 Å². The molecule has 3 rings (SSSR count). The first-order valence-electron chi connectivity index (χ1n) is 7.47. The molecule has 0 N–H and O–H groups in total. The zero-order valence-electron chi connectivity index (χ0n) is 13.3. The molecule has 0 aliphatic carbocycles. The van der Waals surface area contributed by atoms with Crippen molar-refractivity contribution >= 4 is 28.5 Å². The van der Waals surface area contributed by atoms with Crippen LogP contribution in [-0.4, -0.2) is 10.7 Å². The zero-order chi connectivity index (χ0) is 18.0. The number of carbonyl (C=O) groups excluding carboxylic acids is 1. The van der Waals surface area contributed by atoms with Gasteiger partial charge in [0.1, 0.15) is 16.9 Å². The van der Waals surface area contributed by atoms with Crippen molar-refractivity contribution in [2.45, 2.75) is 6.92 Å². The third kappa shape index (κ3) is 3.10. The molecule has 6 heteroatoms. The van der Waals surface area contributed by atoms with Gasteiger partial charge in [-0.15, -0.1) is 0 Å². The van der Waals surface area contributed by atoms with Gasteiger partial charge in [0.05, 0.1) is 15.9 Å². The van der Waals surface area contributed by atoms with Crippen LogP contribution >= 0.6 is 0 Å². The fraction of sp³-hybridized carbons (Fsp3) is 0.0526. The van der Waals surface area contributed by atoms with Crippen molar-refractivity contribution < 1.29 is 14.1 Å². The fourth-order valence-corrected chi connectivity index (χ4v) is 2.58. The molecule has 1 aromatic heterocycles. The van der Waals surface area contributed by atoms with Crippen LogP contribution in [0.15, 0.2) is 63.8 Å². The molecule has 0 aliphatic heterocycles. The van der Waals surface area contributed by atoms with Gasteiger partial charge in [0.15, 0.2) is 5.78 Å². The average molecular weight is 335 g/mol. The summed E-state index contributed by atoms with van der Waals surface area (Å²) >= 11 is 0. The number of allylic oxidation sites excluding steroid dienone is 1. The van der Waals surface area contributed by atoms with E-state index in [0.717, 1.165) is 6.08 Å². The van der Waals surface area contributed by atoms with Crippen molar-refractivity contribution in [1.29, 1.82) is 0 Å². The number of hydrogen-bond acceptors (Lipinski definition) is 5. The van der Waals surface area contributed by atoms with E-state index in [1.165, 1.54) is 18.2 Å². The van der Waals surface area contributed by atoms with E-state index in [1.54, 1.807) is 43.3 Å². The standard InChI is InChI=1S/C19H13NO5/c1-12-18(19(22)14-7-3-5-9-17(14)25-12)16(21)11-10-13-6-2-4-8-15(13)20(23)24/h2-11H,1H3/b11-10+. The highest BCUT2D eigenvalue weighted by Gasteiger charge is 2.17. The van der Waals surface area contributed by atoms with Gasteiger partial charge in [-0.3, -0.25) is 19.7 Å². The Balaban J connectivity index is 2.04. The predicted octanol–water partition coefficient (Wildman–Crippen LogP) is 3.91. The maximum absolute atomic E-state index is 12.6. The van der Waals surface area contributed by atoms with Crippen LogP contribution in [0, 0.1) is 17.0 Å². The van der Waals surface area contributed by atoms with E-state index in [-0.39, 0.29) is 22.6 Å².